The van der Waals surface area contributed by atoms with E-state index in [9.17, 15) is 19.8 Å². The molecule has 5 heterocycles. The van der Waals surface area contributed by atoms with Crippen LogP contribution >= 0.6 is 0 Å². The van der Waals surface area contributed by atoms with Crippen molar-refractivity contribution in [3.63, 3.8) is 0 Å². The molecule has 2 aromatic rings. The molecule has 2 aromatic heterocycles. The van der Waals surface area contributed by atoms with E-state index in [4.69, 9.17) is 20.6 Å². The number of fused-ring (bicyclic) bond motifs is 8. The van der Waals surface area contributed by atoms with E-state index in [2.05, 4.69) is 20.4 Å². The molecule has 2 N–H and O–H groups in total. The second-order valence-electron chi connectivity index (χ2n) is 10.9. The molecule has 3 aliphatic rings. The Balaban J connectivity index is 0.00000405. The van der Waals surface area contributed by atoms with Crippen molar-refractivity contribution < 1.29 is 36.9 Å². The zero-order chi connectivity index (χ0) is 29.6. The molecule has 3 aliphatic heterocycles. The molecule has 0 aliphatic carbocycles. The molecule has 5 rings (SSSR count). The average molecular weight is 609 g/mol. The maximum atomic E-state index is 11.5. The van der Waals surface area contributed by atoms with Crippen LogP contribution in [0.2, 0.25) is 0 Å². The number of hydrogen-bond acceptors (Lipinski definition) is 2. The Morgan fingerprint density at radius 3 is 2.07 bits per heavy atom. The monoisotopic (exact) mass is 608 g/mol. The summed E-state index contributed by atoms with van der Waals surface area (Å²) in [5, 5.41) is 30.3. The van der Waals surface area contributed by atoms with E-state index >= 15 is 0 Å². The zero-order valence-electron chi connectivity index (χ0n) is 24.5. The summed E-state index contributed by atoms with van der Waals surface area (Å²) >= 11 is 0. The molecule has 8 nitrogen and oxygen atoms in total. The Morgan fingerprint density at radius 2 is 1.40 bits per heavy atom. The van der Waals surface area contributed by atoms with Crippen LogP contribution in [0, 0.1) is 13.8 Å². The second kappa shape index (κ2) is 12.1. The van der Waals surface area contributed by atoms with Gasteiger partial charge in [0.05, 0.1) is 0 Å². The fourth-order valence-electron chi connectivity index (χ4n) is 5.79. The number of allylic oxidation sites excluding steroid dienone is 2. The number of aliphatic carboxylic acids is 2. The molecule has 0 aromatic carbocycles. The number of rotatable bonds is 7. The molecule has 2 unspecified atom stereocenters. The van der Waals surface area contributed by atoms with Gasteiger partial charge in [-0.25, -0.2) is 0 Å². The quantitative estimate of drug-likeness (QED) is 0.450. The van der Waals surface area contributed by atoms with Gasteiger partial charge in [0.1, 0.15) is 0 Å². The molecule has 224 valence electrons. The summed E-state index contributed by atoms with van der Waals surface area (Å²) in [4.78, 5) is 32.9. The Kier molecular flexibility index (Phi) is 8.95. The SMILES string of the molecule is C=Cc1c2[n-]c(c1C)C=C1[N-]C(C=c3[n-]c(c(C)c3CCC(=O)O)=CC3[N-]C(=C2)C(C)=C3C)C(CCC(=O)O)=C1C.[FeH2]. The first-order valence-electron chi connectivity index (χ1n) is 13.8. The third-order valence-electron chi connectivity index (χ3n) is 8.47. The predicted octanol–water partition coefficient (Wildman–Crippen LogP) is 4.33. The molecule has 8 bridgehead atoms. The molecule has 0 radical (unpaired) electrons. The van der Waals surface area contributed by atoms with Crippen molar-refractivity contribution in [2.24, 2.45) is 0 Å². The maximum absolute atomic E-state index is 11.5. The molecular formula is C33H36FeN4O4-4. The van der Waals surface area contributed by atoms with Crippen LogP contribution in [0.25, 0.3) is 41.0 Å². The normalized spacial score (nSPS) is 19.2. The molecule has 0 spiro atoms. The Hall–Kier alpha value is -3.94. The van der Waals surface area contributed by atoms with Gasteiger partial charge >= 0.3 is 29.0 Å². The van der Waals surface area contributed by atoms with Gasteiger partial charge in [-0.15, -0.1) is 45.6 Å². The van der Waals surface area contributed by atoms with Gasteiger partial charge < -0.3 is 30.8 Å². The van der Waals surface area contributed by atoms with Crippen LogP contribution in [0.1, 0.15) is 73.7 Å². The van der Waals surface area contributed by atoms with Crippen molar-refractivity contribution in [3.8, 4) is 0 Å². The Bertz CT molecular complexity index is 1730. The van der Waals surface area contributed by atoms with Gasteiger partial charge in [-0.2, -0.15) is 0 Å². The van der Waals surface area contributed by atoms with E-state index in [1.165, 1.54) is 0 Å². The van der Waals surface area contributed by atoms with E-state index in [0.29, 0.717) is 18.2 Å². The molecule has 0 saturated heterocycles. The minimum atomic E-state index is -0.875. The summed E-state index contributed by atoms with van der Waals surface area (Å²) < 4.78 is 0. The van der Waals surface area contributed by atoms with Crippen LogP contribution in [0.5, 0.6) is 0 Å². The number of carbonyl (C=O) groups is 2. The van der Waals surface area contributed by atoms with E-state index < -0.39 is 18.0 Å². The van der Waals surface area contributed by atoms with Gasteiger partial charge in [0.15, 0.2) is 0 Å². The number of nitrogens with zero attached hydrogens (tertiary/aromatic N) is 4. The van der Waals surface area contributed by atoms with Gasteiger partial charge in [0, 0.05) is 12.8 Å². The van der Waals surface area contributed by atoms with Gasteiger partial charge in [0.2, 0.25) is 0 Å². The summed E-state index contributed by atoms with van der Waals surface area (Å²) in [5.41, 5.74) is 10.9. The summed E-state index contributed by atoms with van der Waals surface area (Å²) in [7, 11) is 0. The topological polar surface area (TPSA) is 131 Å². The predicted molar refractivity (Wildman–Crippen MR) is 164 cm³/mol. The van der Waals surface area contributed by atoms with Crippen molar-refractivity contribution >= 4 is 42.3 Å². The molecule has 0 saturated carbocycles. The Morgan fingerprint density at radius 1 is 0.810 bits per heavy atom. The van der Waals surface area contributed by atoms with Gasteiger partial charge in [-0.3, -0.25) is 9.59 Å². The summed E-state index contributed by atoms with van der Waals surface area (Å²) in [6.45, 7) is 14.1. The van der Waals surface area contributed by atoms with Crippen molar-refractivity contribution in [1.82, 2.24) is 9.97 Å². The first kappa shape index (κ1) is 31.0. The first-order valence-corrected chi connectivity index (χ1v) is 13.8. The van der Waals surface area contributed by atoms with Crippen molar-refractivity contribution in [3.05, 3.63) is 95.2 Å². The van der Waals surface area contributed by atoms with Crippen LogP contribution in [0.3, 0.4) is 0 Å². The summed E-state index contributed by atoms with van der Waals surface area (Å²) in [6.07, 6.45) is 10.4. The van der Waals surface area contributed by atoms with Crippen LogP contribution in [0.4, 0.5) is 0 Å². The third kappa shape index (κ3) is 5.72. The fraction of sp³-hybridized carbons (Fsp3) is 0.333. The second-order valence-corrected chi connectivity index (χ2v) is 10.9. The van der Waals surface area contributed by atoms with Crippen LogP contribution in [-0.4, -0.2) is 34.2 Å². The molecular weight excluding hydrogens is 572 g/mol. The average Bonchev–Trinajstić information content (AvgIpc) is 3.56. The van der Waals surface area contributed by atoms with E-state index in [-0.39, 0.29) is 36.0 Å². The minimum absolute atomic E-state index is 0. The number of carboxylic acid groups (broad SMARTS) is 2. The first-order chi connectivity index (χ1) is 19.5. The van der Waals surface area contributed by atoms with Crippen LogP contribution in [0.15, 0.2) is 40.3 Å². The zero-order valence-corrected chi connectivity index (χ0v) is 25.8. The summed E-state index contributed by atoms with van der Waals surface area (Å²) in [6, 6.07) is -0.624. The Labute approximate surface area is 256 Å². The van der Waals surface area contributed by atoms with Gasteiger partial charge in [0.25, 0.3) is 0 Å². The number of aromatic nitrogens is 2. The standard InChI is InChI=1S/C33H34N4O4.Fe.2H/c1-7-21-18(4)26-13-28-20(6)23(9-11-33(40)41)31(37-28)15-30-22(8-10-32(38)39)19(5)27(36-30)12-24-16(2)17(3)25(34-24)14-29(21)35-26;;;/h7,12-15,24,31H,1,8-11H2,2-6H3,(H,38,39)(H,40,41);;;/q-4;;;. The van der Waals surface area contributed by atoms with E-state index in [1.807, 2.05) is 51.2 Å². The summed E-state index contributed by atoms with van der Waals surface area (Å²) in [5.74, 6) is -1.75. The fourth-order valence-corrected chi connectivity index (χ4v) is 5.79. The molecule has 0 fully saturated rings. The van der Waals surface area contributed by atoms with Gasteiger partial charge in [-0.1, -0.05) is 75.9 Å². The van der Waals surface area contributed by atoms with Crippen molar-refractivity contribution in [1.29, 1.82) is 0 Å². The number of hydrogen-bond donors (Lipinski definition) is 2. The molecule has 42 heavy (non-hydrogen) atoms. The molecule has 0 amide bonds. The van der Waals surface area contributed by atoms with Crippen LogP contribution in [-0.2, 0) is 33.1 Å². The van der Waals surface area contributed by atoms with E-state index in [0.717, 1.165) is 72.7 Å². The third-order valence-corrected chi connectivity index (χ3v) is 8.47. The van der Waals surface area contributed by atoms with Gasteiger partial charge in [-0.05, 0) is 53.0 Å². The van der Waals surface area contributed by atoms with Crippen molar-refractivity contribution in [2.45, 2.75) is 72.4 Å². The van der Waals surface area contributed by atoms with E-state index in [1.54, 1.807) is 0 Å². The number of carboxylic acids is 2. The molecule has 9 heteroatoms. The molecule has 2 atom stereocenters. The van der Waals surface area contributed by atoms with Crippen LogP contribution < -0.4 is 20.7 Å². The van der Waals surface area contributed by atoms with Crippen molar-refractivity contribution in [2.75, 3.05) is 0 Å².